The second-order valence-corrected chi connectivity index (χ2v) is 7.63. The summed E-state index contributed by atoms with van der Waals surface area (Å²) >= 11 is 6.03. The summed E-state index contributed by atoms with van der Waals surface area (Å²) in [6, 6.07) is 14.9. The number of halogens is 1. The number of hydrogen-bond acceptors (Lipinski definition) is 5. The SMILES string of the molecule is Cc1cnc(OCC2Cc3ccccc3CN2C(=O)c2ccc(Cl)c(C#N)c2)nc1. The lowest BCUT2D eigenvalue weighted by Crippen LogP contribution is -2.47. The van der Waals surface area contributed by atoms with Gasteiger partial charge in [-0.2, -0.15) is 5.26 Å². The molecule has 0 spiro atoms. The predicted octanol–water partition coefficient (Wildman–Crippen LogP) is 3.96. The summed E-state index contributed by atoms with van der Waals surface area (Å²) in [7, 11) is 0. The molecule has 1 amide bonds. The standard InChI is InChI=1S/C23H19ClN4O2/c1-15-11-26-23(27-12-15)30-14-20-9-16-4-2-3-5-18(16)13-28(20)22(29)17-6-7-21(24)19(8-17)10-25/h2-8,11-12,20H,9,13-14H2,1H3. The molecule has 0 saturated carbocycles. The Morgan fingerprint density at radius 2 is 1.97 bits per heavy atom. The quantitative estimate of drug-likeness (QED) is 0.640. The number of carbonyl (C=O) groups excluding carboxylic acids is 1. The van der Waals surface area contributed by atoms with Gasteiger partial charge in [0.05, 0.1) is 16.6 Å². The normalized spacial score (nSPS) is 15.2. The Balaban J connectivity index is 1.61. The lowest BCUT2D eigenvalue weighted by molar-refractivity contribution is 0.0558. The van der Waals surface area contributed by atoms with E-state index >= 15 is 0 Å². The maximum absolute atomic E-state index is 13.3. The van der Waals surface area contributed by atoms with Gasteiger partial charge in [0.15, 0.2) is 0 Å². The van der Waals surface area contributed by atoms with Gasteiger partial charge in [-0.3, -0.25) is 4.79 Å². The van der Waals surface area contributed by atoms with Crippen molar-refractivity contribution in [2.45, 2.75) is 25.9 Å². The minimum absolute atomic E-state index is 0.170. The third-order valence-electron chi connectivity index (χ3n) is 5.11. The molecule has 1 unspecified atom stereocenters. The second-order valence-electron chi connectivity index (χ2n) is 7.22. The lowest BCUT2D eigenvalue weighted by Gasteiger charge is -2.36. The van der Waals surface area contributed by atoms with Crippen LogP contribution in [0.3, 0.4) is 0 Å². The van der Waals surface area contributed by atoms with Gasteiger partial charge in [0.1, 0.15) is 12.7 Å². The summed E-state index contributed by atoms with van der Waals surface area (Å²) in [6.07, 6.45) is 4.05. The Kier molecular flexibility index (Phi) is 5.64. The molecule has 30 heavy (non-hydrogen) atoms. The fraction of sp³-hybridized carbons (Fsp3) is 0.217. The van der Waals surface area contributed by atoms with E-state index in [2.05, 4.69) is 16.0 Å². The predicted molar refractivity (Wildman–Crippen MR) is 112 cm³/mol. The Labute approximate surface area is 179 Å². The first-order valence-corrected chi connectivity index (χ1v) is 9.92. The van der Waals surface area contributed by atoms with Crippen molar-refractivity contribution in [3.05, 3.63) is 87.7 Å². The zero-order valence-corrected chi connectivity index (χ0v) is 17.1. The monoisotopic (exact) mass is 418 g/mol. The number of aryl methyl sites for hydroxylation is 1. The minimum atomic E-state index is -0.196. The molecule has 0 N–H and O–H groups in total. The van der Waals surface area contributed by atoms with Crippen LogP contribution < -0.4 is 4.74 Å². The average molecular weight is 419 g/mol. The number of amides is 1. The highest BCUT2D eigenvalue weighted by Gasteiger charge is 2.31. The summed E-state index contributed by atoms with van der Waals surface area (Å²) in [4.78, 5) is 23.5. The molecule has 0 aliphatic carbocycles. The van der Waals surface area contributed by atoms with E-state index in [1.54, 1.807) is 29.4 Å². The summed E-state index contributed by atoms with van der Waals surface area (Å²) in [5.74, 6) is -0.170. The summed E-state index contributed by atoms with van der Waals surface area (Å²) in [5, 5.41) is 9.58. The molecule has 3 aromatic rings. The van der Waals surface area contributed by atoms with Crippen LogP contribution in [0.15, 0.2) is 54.9 Å². The van der Waals surface area contributed by atoms with Gasteiger partial charge in [0.2, 0.25) is 0 Å². The number of fused-ring (bicyclic) bond motifs is 1. The molecule has 0 fully saturated rings. The second kappa shape index (κ2) is 8.52. The first-order chi connectivity index (χ1) is 14.5. The molecular weight excluding hydrogens is 400 g/mol. The van der Waals surface area contributed by atoms with Crippen molar-refractivity contribution in [1.82, 2.24) is 14.9 Å². The van der Waals surface area contributed by atoms with E-state index in [-0.39, 0.29) is 30.1 Å². The molecule has 4 rings (SSSR count). The summed E-state index contributed by atoms with van der Waals surface area (Å²) < 4.78 is 5.81. The molecule has 1 aliphatic rings. The maximum Gasteiger partial charge on any atom is 0.316 e. The van der Waals surface area contributed by atoms with Crippen LogP contribution in [0.25, 0.3) is 0 Å². The van der Waals surface area contributed by atoms with Crippen LogP contribution in [0, 0.1) is 18.3 Å². The van der Waals surface area contributed by atoms with Crippen molar-refractivity contribution in [1.29, 1.82) is 5.26 Å². The summed E-state index contributed by atoms with van der Waals surface area (Å²) in [5.41, 5.74) is 3.94. The van der Waals surface area contributed by atoms with Gasteiger partial charge in [-0.15, -0.1) is 0 Å². The fourth-order valence-electron chi connectivity index (χ4n) is 3.51. The van der Waals surface area contributed by atoms with Crippen LogP contribution in [-0.2, 0) is 13.0 Å². The van der Waals surface area contributed by atoms with E-state index in [0.717, 1.165) is 11.1 Å². The number of ether oxygens (including phenoxy) is 1. The van der Waals surface area contributed by atoms with Crippen molar-refractivity contribution < 1.29 is 9.53 Å². The van der Waals surface area contributed by atoms with Crippen molar-refractivity contribution in [3.8, 4) is 12.1 Å². The van der Waals surface area contributed by atoms with Crippen LogP contribution in [0.4, 0.5) is 0 Å². The van der Waals surface area contributed by atoms with E-state index in [1.165, 1.54) is 11.6 Å². The molecule has 150 valence electrons. The van der Waals surface area contributed by atoms with Gasteiger partial charge in [0.25, 0.3) is 5.91 Å². The van der Waals surface area contributed by atoms with Gasteiger partial charge in [-0.05, 0) is 48.2 Å². The van der Waals surface area contributed by atoms with Crippen molar-refractivity contribution >= 4 is 17.5 Å². The molecule has 2 aromatic carbocycles. The van der Waals surface area contributed by atoms with E-state index in [9.17, 15) is 10.1 Å². The smallest absolute Gasteiger partial charge is 0.316 e. The molecule has 7 heteroatoms. The number of hydrogen-bond donors (Lipinski definition) is 0. The first-order valence-electron chi connectivity index (χ1n) is 9.54. The van der Waals surface area contributed by atoms with Crippen LogP contribution in [0.2, 0.25) is 5.02 Å². The zero-order valence-electron chi connectivity index (χ0n) is 16.4. The van der Waals surface area contributed by atoms with Crippen LogP contribution >= 0.6 is 11.6 Å². The number of carbonyl (C=O) groups is 1. The van der Waals surface area contributed by atoms with Gasteiger partial charge in [0, 0.05) is 24.5 Å². The van der Waals surface area contributed by atoms with E-state index in [1.807, 2.05) is 31.2 Å². The van der Waals surface area contributed by atoms with Gasteiger partial charge in [-0.25, -0.2) is 9.97 Å². The van der Waals surface area contributed by atoms with Crippen LogP contribution in [-0.4, -0.2) is 33.4 Å². The van der Waals surface area contributed by atoms with E-state index in [4.69, 9.17) is 16.3 Å². The molecule has 2 heterocycles. The Morgan fingerprint density at radius 3 is 2.70 bits per heavy atom. The van der Waals surface area contributed by atoms with Gasteiger partial charge in [-0.1, -0.05) is 35.9 Å². The minimum Gasteiger partial charge on any atom is -0.461 e. The van der Waals surface area contributed by atoms with Crippen molar-refractivity contribution in [2.75, 3.05) is 6.61 Å². The average Bonchev–Trinajstić information content (AvgIpc) is 2.78. The first kappa shape index (κ1) is 19.9. The Hall–Kier alpha value is -3.43. The summed E-state index contributed by atoms with van der Waals surface area (Å²) in [6.45, 7) is 2.63. The largest absolute Gasteiger partial charge is 0.461 e. The maximum atomic E-state index is 13.3. The zero-order chi connectivity index (χ0) is 21.1. The molecular formula is C23H19ClN4O2. The number of benzene rings is 2. The Bertz CT molecular complexity index is 1120. The highest BCUT2D eigenvalue weighted by Crippen LogP contribution is 2.26. The molecule has 0 saturated heterocycles. The number of nitriles is 1. The fourth-order valence-corrected chi connectivity index (χ4v) is 3.67. The van der Waals surface area contributed by atoms with Crippen LogP contribution in [0.1, 0.15) is 32.6 Å². The molecule has 1 atom stereocenters. The van der Waals surface area contributed by atoms with E-state index < -0.39 is 0 Å². The molecule has 1 aliphatic heterocycles. The highest BCUT2D eigenvalue weighted by molar-refractivity contribution is 6.31. The van der Waals surface area contributed by atoms with E-state index in [0.29, 0.717) is 23.6 Å². The third-order valence-corrected chi connectivity index (χ3v) is 5.44. The topological polar surface area (TPSA) is 79.1 Å². The molecule has 1 aromatic heterocycles. The molecule has 0 bridgehead atoms. The van der Waals surface area contributed by atoms with Crippen LogP contribution in [0.5, 0.6) is 6.01 Å². The number of rotatable bonds is 4. The molecule has 6 nitrogen and oxygen atoms in total. The highest BCUT2D eigenvalue weighted by atomic mass is 35.5. The Morgan fingerprint density at radius 1 is 1.23 bits per heavy atom. The van der Waals surface area contributed by atoms with Gasteiger partial charge < -0.3 is 9.64 Å². The van der Waals surface area contributed by atoms with Crippen molar-refractivity contribution in [3.63, 3.8) is 0 Å². The lowest BCUT2D eigenvalue weighted by atomic mass is 9.93. The van der Waals surface area contributed by atoms with Gasteiger partial charge >= 0.3 is 6.01 Å². The molecule has 0 radical (unpaired) electrons. The number of aromatic nitrogens is 2. The third kappa shape index (κ3) is 4.12. The number of nitrogens with zero attached hydrogens (tertiary/aromatic N) is 4. The van der Waals surface area contributed by atoms with Crippen molar-refractivity contribution in [2.24, 2.45) is 0 Å².